The molecule has 0 aliphatic rings. The molecule has 2 aromatic heterocycles. The summed E-state index contributed by atoms with van der Waals surface area (Å²) in [4.78, 5) is 4.46. The van der Waals surface area contributed by atoms with Gasteiger partial charge in [-0.1, -0.05) is 0 Å². The van der Waals surface area contributed by atoms with Gasteiger partial charge in [0.2, 0.25) is 0 Å². The van der Waals surface area contributed by atoms with Crippen LogP contribution in [0.15, 0.2) is 12.3 Å². The fourth-order valence-electron chi connectivity index (χ4n) is 2.22. The molecule has 19 heavy (non-hydrogen) atoms. The van der Waals surface area contributed by atoms with E-state index in [1.165, 1.54) is 5.56 Å². The summed E-state index contributed by atoms with van der Waals surface area (Å²) in [5.41, 5.74) is 4.20. The van der Waals surface area contributed by atoms with E-state index >= 15 is 0 Å². The Kier molecular flexibility index (Phi) is 4.18. The zero-order valence-electron chi connectivity index (χ0n) is 11.8. The third kappa shape index (κ3) is 2.94. The van der Waals surface area contributed by atoms with Crippen LogP contribution in [0.5, 0.6) is 0 Å². The van der Waals surface area contributed by atoms with E-state index in [9.17, 15) is 0 Å². The van der Waals surface area contributed by atoms with E-state index in [1.54, 1.807) is 0 Å². The monoisotopic (exact) mass is 256 g/mol. The first-order valence-electron chi connectivity index (χ1n) is 6.62. The van der Waals surface area contributed by atoms with Crippen LogP contribution in [0, 0.1) is 26.2 Å². The van der Waals surface area contributed by atoms with Gasteiger partial charge in [-0.15, -0.1) is 12.3 Å². The van der Waals surface area contributed by atoms with E-state index in [1.807, 2.05) is 23.7 Å². The topological polar surface area (TPSA) is 42.2 Å². The highest BCUT2D eigenvalue weighted by atomic mass is 15.3. The quantitative estimate of drug-likeness (QED) is 0.660. The molecule has 4 nitrogen and oxygen atoms in total. The number of unbranched alkanes of at least 4 members (excludes halogenated alkanes) is 1. The van der Waals surface area contributed by atoms with Crippen molar-refractivity contribution in [3.63, 3.8) is 0 Å². The molecule has 1 unspecified atom stereocenters. The Hall–Kier alpha value is -1.86. The molecular weight excluding hydrogens is 236 g/mol. The fourth-order valence-corrected chi connectivity index (χ4v) is 2.22. The van der Waals surface area contributed by atoms with Crippen LogP contribution in [-0.2, 0) is 0 Å². The van der Waals surface area contributed by atoms with E-state index in [0.29, 0.717) is 0 Å². The van der Waals surface area contributed by atoms with Crippen LogP contribution < -0.4 is 5.32 Å². The Morgan fingerprint density at radius 1 is 1.47 bits per heavy atom. The average molecular weight is 256 g/mol. The minimum absolute atomic E-state index is 0.249. The van der Waals surface area contributed by atoms with Gasteiger partial charge >= 0.3 is 0 Å². The normalized spacial score (nSPS) is 12.5. The van der Waals surface area contributed by atoms with Crippen molar-refractivity contribution in [3.05, 3.63) is 29.2 Å². The van der Waals surface area contributed by atoms with Gasteiger partial charge in [0, 0.05) is 36.0 Å². The van der Waals surface area contributed by atoms with Crippen molar-refractivity contribution < 1.29 is 0 Å². The maximum absolute atomic E-state index is 5.25. The van der Waals surface area contributed by atoms with E-state index in [-0.39, 0.29) is 6.04 Å². The van der Waals surface area contributed by atoms with Crippen LogP contribution in [0.2, 0.25) is 0 Å². The van der Waals surface area contributed by atoms with Gasteiger partial charge in [0.15, 0.2) is 5.65 Å². The molecule has 0 saturated carbocycles. The minimum atomic E-state index is 0.249. The molecule has 2 heterocycles. The zero-order valence-corrected chi connectivity index (χ0v) is 11.8. The summed E-state index contributed by atoms with van der Waals surface area (Å²) in [5, 5.41) is 7.93. The molecule has 0 radical (unpaired) electrons. The number of aryl methyl sites for hydroxylation is 2. The van der Waals surface area contributed by atoms with Gasteiger partial charge in [-0.2, -0.15) is 5.10 Å². The first-order chi connectivity index (χ1) is 9.13. The third-order valence-corrected chi connectivity index (χ3v) is 3.30. The van der Waals surface area contributed by atoms with Gasteiger partial charge < -0.3 is 5.32 Å². The van der Waals surface area contributed by atoms with Crippen LogP contribution in [0.1, 0.15) is 42.8 Å². The number of fused-ring (bicyclic) bond motifs is 1. The second kappa shape index (κ2) is 5.85. The van der Waals surface area contributed by atoms with Crippen molar-refractivity contribution in [2.24, 2.45) is 0 Å². The van der Waals surface area contributed by atoms with E-state index in [4.69, 9.17) is 6.42 Å². The average Bonchev–Trinajstić information content (AvgIpc) is 2.76. The largest absolute Gasteiger partial charge is 0.310 e. The van der Waals surface area contributed by atoms with Crippen molar-refractivity contribution in [2.75, 3.05) is 6.54 Å². The summed E-state index contributed by atoms with van der Waals surface area (Å²) in [5.74, 6) is 2.65. The van der Waals surface area contributed by atoms with Crippen molar-refractivity contribution in [1.82, 2.24) is 19.9 Å². The summed E-state index contributed by atoms with van der Waals surface area (Å²) in [6.45, 7) is 7.12. The maximum atomic E-state index is 5.25. The second-order valence-electron chi connectivity index (χ2n) is 4.84. The summed E-state index contributed by atoms with van der Waals surface area (Å²) >= 11 is 0. The lowest BCUT2D eigenvalue weighted by Gasteiger charge is -2.16. The van der Waals surface area contributed by atoms with Crippen LogP contribution in [0.3, 0.4) is 0 Å². The Bertz CT molecular complexity index is 606. The molecule has 0 aliphatic carbocycles. The number of hydrogen-bond donors (Lipinski definition) is 1. The molecular formula is C15H20N4. The van der Waals surface area contributed by atoms with Gasteiger partial charge in [0.05, 0.1) is 5.69 Å². The van der Waals surface area contributed by atoms with Crippen LogP contribution >= 0.6 is 0 Å². The predicted octanol–water partition coefficient (Wildman–Crippen LogP) is 2.41. The molecule has 1 N–H and O–H groups in total. The lowest BCUT2D eigenvalue weighted by Crippen LogP contribution is -2.21. The van der Waals surface area contributed by atoms with Gasteiger partial charge in [-0.05, 0) is 33.7 Å². The Labute approximate surface area is 114 Å². The highest BCUT2D eigenvalue weighted by Gasteiger charge is 2.12. The fraction of sp³-hybridized carbons (Fsp3) is 0.467. The highest BCUT2D eigenvalue weighted by Crippen LogP contribution is 2.17. The van der Waals surface area contributed by atoms with Gasteiger partial charge in [0.25, 0.3) is 0 Å². The lowest BCUT2D eigenvalue weighted by molar-refractivity contribution is 0.554. The molecule has 100 valence electrons. The predicted molar refractivity (Wildman–Crippen MR) is 76.9 cm³/mol. The summed E-state index contributed by atoms with van der Waals surface area (Å²) < 4.78 is 1.91. The molecule has 0 amide bonds. The smallest absolute Gasteiger partial charge is 0.155 e. The Morgan fingerprint density at radius 2 is 2.26 bits per heavy atom. The van der Waals surface area contributed by atoms with Crippen molar-refractivity contribution in [2.45, 2.75) is 39.7 Å². The van der Waals surface area contributed by atoms with Crippen molar-refractivity contribution >= 4 is 5.65 Å². The molecule has 0 bridgehead atoms. The summed E-state index contributed by atoms with van der Waals surface area (Å²) in [7, 11) is 0. The van der Waals surface area contributed by atoms with Gasteiger partial charge in [-0.25, -0.2) is 9.50 Å². The number of aromatic nitrogens is 3. The van der Waals surface area contributed by atoms with Crippen molar-refractivity contribution in [1.29, 1.82) is 0 Å². The molecule has 2 aromatic rings. The Balaban J connectivity index is 2.15. The number of rotatable bonds is 5. The first-order valence-corrected chi connectivity index (χ1v) is 6.62. The van der Waals surface area contributed by atoms with Gasteiger partial charge in [-0.3, -0.25) is 0 Å². The highest BCUT2D eigenvalue weighted by molar-refractivity contribution is 5.42. The zero-order chi connectivity index (χ0) is 13.8. The van der Waals surface area contributed by atoms with Crippen LogP contribution in [-0.4, -0.2) is 21.1 Å². The Morgan fingerprint density at radius 3 is 3.00 bits per heavy atom. The minimum Gasteiger partial charge on any atom is -0.310 e. The van der Waals surface area contributed by atoms with Crippen molar-refractivity contribution in [3.8, 4) is 12.3 Å². The summed E-state index contributed by atoms with van der Waals surface area (Å²) in [6.07, 6.45) is 8.99. The number of terminal acetylenes is 1. The lowest BCUT2D eigenvalue weighted by atomic mass is 10.1. The first kappa shape index (κ1) is 13.6. The maximum Gasteiger partial charge on any atom is 0.155 e. The molecule has 4 heteroatoms. The molecule has 0 fully saturated rings. The number of nitrogens with one attached hydrogen (secondary N) is 1. The standard InChI is InChI=1S/C15H20N4/c1-5-6-7-8-16-12(3)14-10-17-15-9-11(2)18-19(15)13(14)4/h1,9-10,12,16H,6-8H2,2-4H3. The third-order valence-electron chi connectivity index (χ3n) is 3.30. The molecule has 1 atom stereocenters. The molecule has 0 spiro atoms. The van der Waals surface area contributed by atoms with E-state index in [2.05, 4.69) is 35.2 Å². The second-order valence-corrected chi connectivity index (χ2v) is 4.84. The van der Waals surface area contributed by atoms with Crippen LogP contribution in [0.25, 0.3) is 5.65 Å². The molecule has 0 aromatic carbocycles. The molecule has 0 aliphatic heterocycles. The number of hydrogen-bond acceptors (Lipinski definition) is 3. The van der Waals surface area contributed by atoms with E-state index in [0.717, 1.165) is 36.4 Å². The number of nitrogens with zero attached hydrogens (tertiary/aromatic N) is 3. The van der Waals surface area contributed by atoms with Crippen LogP contribution in [0.4, 0.5) is 0 Å². The molecule has 0 saturated heterocycles. The van der Waals surface area contributed by atoms with E-state index < -0.39 is 0 Å². The molecule has 2 rings (SSSR count). The van der Waals surface area contributed by atoms with Gasteiger partial charge in [0.1, 0.15) is 0 Å². The SMILES string of the molecule is C#CCCCNC(C)c1cnc2cc(C)nn2c1C. The summed E-state index contributed by atoms with van der Waals surface area (Å²) in [6, 6.07) is 2.24.